The van der Waals surface area contributed by atoms with E-state index in [1.165, 1.54) is 18.2 Å². The third kappa shape index (κ3) is 4.81. The van der Waals surface area contributed by atoms with Crippen molar-refractivity contribution in [3.63, 3.8) is 0 Å². The Hall–Kier alpha value is -2.97. The predicted molar refractivity (Wildman–Crippen MR) is 105 cm³/mol. The molecule has 0 saturated carbocycles. The van der Waals surface area contributed by atoms with Gasteiger partial charge in [-0.2, -0.15) is 5.26 Å². The number of rotatable bonds is 5. The molecule has 3 aromatic carbocycles. The van der Waals surface area contributed by atoms with Crippen LogP contribution < -0.4 is 4.74 Å². The molecule has 0 aromatic heterocycles. The highest BCUT2D eigenvalue weighted by Crippen LogP contribution is 2.29. The molecule has 0 saturated heterocycles. The number of nitriles is 1. The summed E-state index contributed by atoms with van der Waals surface area (Å²) in [4.78, 5) is 0. The molecule has 5 heteroatoms. The normalized spacial score (nSPS) is 11.1. The fourth-order valence-corrected chi connectivity index (χ4v) is 3.01. The molecular formula is C22H14BrF2NO. The van der Waals surface area contributed by atoms with Crippen molar-refractivity contribution >= 4 is 27.6 Å². The average molecular weight is 426 g/mol. The topological polar surface area (TPSA) is 33.0 Å². The van der Waals surface area contributed by atoms with Crippen LogP contribution in [0.5, 0.6) is 5.75 Å². The average Bonchev–Trinajstić information content (AvgIpc) is 2.66. The molecule has 27 heavy (non-hydrogen) atoms. The van der Waals surface area contributed by atoms with Gasteiger partial charge in [0.2, 0.25) is 0 Å². The van der Waals surface area contributed by atoms with Crippen LogP contribution in [0.25, 0.3) is 11.6 Å². The summed E-state index contributed by atoms with van der Waals surface area (Å²) >= 11 is 3.43. The summed E-state index contributed by atoms with van der Waals surface area (Å²) in [6.07, 6.45) is 1.67. The Morgan fingerprint density at radius 1 is 1.04 bits per heavy atom. The van der Waals surface area contributed by atoms with Crippen molar-refractivity contribution in [3.05, 3.63) is 99.5 Å². The third-order valence-electron chi connectivity index (χ3n) is 3.86. The molecule has 0 spiro atoms. The highest BCUT2D eigenvalue weighted by atomic mass is 79.9. The smallest absolute Gasteiger partial charge is 0.134 e. The fraction of sp³-hybridized carbons (Fsp3) is 0.0455. The first-order valence-electron chi connectivity index (χ1n) is 8.10. The van der Waals surface area contributed by atoms with Gasteiger partial charge in [0, 0.05) is 5.56 Å². The van der Waals surface area contributed by atoms with Gasteiger partial charge in [0.05, 0.1) is 16.1 Å². The monoisotopic (exact) mass is 425 g/mol. The molecule has 2 nitrogen and oxygen atoms in total. The number of hydrogen-bond acceptors (Lipinski definition) is 2. The van der Waals surface area contributed by atoms with Gasteiger partial charge in [-0.25, -0.2) is 8.78 Å². The predicted octanol–water partition coefficient (Wildman–Crippen LogP) is 6.37. The molecule has 3 aromatic rings. The quantitative estimate of drug-likeness (QED) is 0.351. The first kappa shape index (κ1) is 18.8. The van der Waals surface area contributed by atoms with Crippen LogP contribution in [0.4, 0.5) is 8.78 Å². The minimum absolute atomic E-state index is 0.104. The van der Waals surface area contributed by atoms with E-state index in [4.69, 9.17) is 4.74 Å². The lowest BCUT2D eigenvalue weighted by Crippen LogP contribution is -1.98. The van der Waals surface area contributed by atoms with Crippen molar-refractivity contribution in [1.82, 2.24) is 0 Å². The van der Waals surface area contributed by atoms with E-state index in [1.807, 2.05) is 0 Å². The van der Waals surface area contributed by atoms with Gasteiger partial charge in [0.1, 0.15) is 24.0 Å². The van der Waals surface area contributed by atoms with Gasteiger partial charge in [0.25, 0.3) is 0 Å². The fourth-order valence-electron chi connectivity index (χ4n) is 2.50. The van der Waals surface area contributed by atoms with Gasteiger partial charge in [-0.3, -0.25) is 0 Å². The molecule has 134 valence electrons. The van der Waals surface area contributed by atoms with Crippen LogP contribution in [0, 0.1) is 23.0 Å². The number of allylic oxidation sites excluding steroid dienone is 1. The minimum Gasteiger partial charge on any atom is -0.488 e. The maximum atomic E-state index is 13.7. The Labute approximate surface area is 164 Å². The molecule has 0 fully saturated rings. The van der Waals surface area contributed by atoms with Gasteiger partial charge in [0.15, 0.2) is 0 Å². The van der Waals surface area contributed by atoms with Crippen molar-refractivity contribution in [2.24, 2.45) is 0 Å². The summed E-state index contributed by atoms with van der Waals surface area (Å²) < 4.78 is 33.4. The Kier molecular flexibility index (Phi) is 6.00. The lowest BCUT2D eigenvalue weighted by molar-refractivity contribution is 0.298. The van der Waals surface area contributed by atoms with Crippen LogP contribution in [0.15, 0.2) is 71.2 Å². The maximum absolute atomic E-state index is 13.7. The second-order valence-corrected chi connectivity index (χ2v) is 6.60. The van der Waals surface area contributed by atoms with Crippen molar-refractivity contribution in [1.29, 1.82) is 5.26 Å². The van der Waals surface area contributed by atoms with E-state index in [2.05, 4.69) is 22.0 Å². The lowest BCUT2D eigenvalue weighted by atomic mass is 10.0. The second kappa shape index (κ2) is 8.61. The van der Waals surface area contributed by atoms with E-state index in [0.717, 1.165) is 5.56 Å². The van der Waals surface area contributed by atoms with Crippen LogP contribution in [0.2, 0.25) is 0 Å². The summed E-state index contributed by atoms with van der Waals surface area (Å²) in [5.74, 6) is -0.159. The summed E-state index contributed by atoms with van der Waals surface area (Å²) in [6, 6.07) is 19.7. The second-order valence-electron chi connectivity index (χ2n) is 5.75. The van der Waals surface area contributed by atoms with E-state index in [1.54, 1.807) is 54.6 Å². The van der Waals surface area contributed by atoms with Crippen molar-refractivity contribution in [3.8, 4) is 11.8 Å². The summed E-state index contributed by atoms with van der Waals surface area (Å²) in [6.45, 7) is 0.104. The number of nitrogens with zero attached hydrogens (tertiary/aromatic N) is 1. The standard InChI is InChI=1S/C22H14BrF2NO/c23-20-11-15(10-18(13-26)16-5-3-6-19(24)12-16)8-9-22(20)27-14-17-4-1-2-7-21(17)25/h1-12H,14H2/b18-10-. The number of halogens is 3. The van der Waals surface area contributed by atoms with Crippen LogP contribution in [0.1, 0.15) is 16.7 Å². The van der Waals surface area contributed by atoms with Crippen LogP contribution in [-0.4, -0.2) is 0 Å². The molecule has 0 N–H and O–H groups in total. The number of ether oxygens (including phenoxy) is 1. The van der Waals surface area contributed by atoms with Gasteiger partial charge in [-0.15, -0.1) is 0 Å². The molecule has 0 bridgehead atoms. The Morgan fingerprint density at radius 3 is 2.56 bits per heavy atom. The first-order valence-corrected chi connectivity index (χ1v) is 8.89. The van der Waals surface area contributed by atoms with E-state index in [-0.39, 0.29) is 12.4 Å². The van der Waals surface area contributed by atoms with E-state index in [9.17, 15) is 14.0 Å². The van der Waals surface area contributed by atoms with Crippen LogP contribution in [0.3, 0.4) is 0 Å². The summed E-state index contributed by atoms with van der Waals surface area (Å²) in [7, 11) is 0. The summed E-state index contributed by atoms with van der Waals surface area (Å²) in [5.41, 5.74) is 2.07. The van der Waals surface area contributed by atoms with Crippen molar-refractivity contribution in [2.75, 3.05) is 0 Å². The van der Waals surface area contributed by atoms with Crippen LogP contribution in [-0.2, 0) is 6.61 Å². The molecule has 0 radical (unpaired) electrons. The Bertz CT molecular complexity index is 1040. The zero-order valence-corrected chi connectivity index (χ0v) is 15.7. The molecule has 0 atom stereocenters. The molecule has 0 aliphatic heterocycles. The van der Waals surface area contributed by atoms with Gasteiger partial charge < -0.3 is 4.74 Å². The molecule has 3 rings (SSSR count). The SMILES string of the molecule is N#C/C(=C/c1ccc(OCc2ccccc2F)c(Br)c1)c1cccc(F)c1. The minimum atomic E-state index is -0.397. The highest BCUT2D eigenvalue weighted by molar-refractivity contribution is 9.10. The zero-order chi connectivity index (χ0) is 19.2. The van der Waals surface area contributed by atoms with E-state index >= 15 is 0 Å². The Balaban J connectivity index is 1.80. The first-order chi connectivity index (χ1) is 13.1. The van der Waals surface area contributed by atoms with Crippen molar-refractivity contribution in [2.45, 2.75) is 6.61 Å². The van der Waals surface area contributed by atoms with E-state index < -0.39 is 5.82 Å². The Morgan fingerprint density at radius 2 is 1.85 bits per heavy atom. The largest absolute Gasteiger partial charge is 0.488 e. The highest BCUT2D eigenvalue weighted by Gasteiger charge is 2.07. The zero-order valence-electron chi connectivity index (χ0n) is 14.1. The maximum Gasteiger partial charge on any atom is 0.134 e. The molecule has 0 unspecified atom stereocenters. The number of benzene rings is 3. The molecule has 0 amide bonds. The summed E-state index contributed by atoms with van der Waals surface area (Å²) in [5, 5.41) is 9.38. The van der Waals surface area contributed by atoms with Gasteiger partial charge >= 0.3 is 0 Å². The lowest BCUT2D eigenvalue weighted by Gasteiger charge is -2.10. The number of hydrogen-bond donors (Lipinski definition) is 0. The molecule has 0 aliphatic carbocycles. The molecule has 0 aliphatic rings. The van der Waals surface area contributed by atoms with Crippen LogP contribution >= 0.6 is 15.9 Å². The van der Waals surface area contributed by atoms with Gasteiger partial charge in [-0.05, 0) is 63.5 Å². The molecular weight excluding hydrogens is 412 g/mol. The van der Waals surface area contributed by atoms with E-state index in [0.29, 0.717) is 26.9 Å². The van der Waals surface area contributed by atoms with Crippen molar-refractivity contribution < 1.29 is 13.5 Å². The van der Waals surface area contributed by atoms with Gasteiger partial charge in [-0.1, -0.05) is 36.4 Å². The molecule has 0 heterocycles. The third-order valence-corrected chi connectivity index (χ3v) is 4.48.